The molecule has 0 unspecified atom stereocenters. The van der Waals surface area contributed by atoms with Gasteiger partial charge in [-0.25, -0.2) is 0 Å². The van der Waals surface area contributed by atoms with E-state index in [1.165, 1.54) is 51.4 Å². The third kappa shape index (κ3) is 2.75. The summed E-state index contributed by atoms with van der Waals surface area (Å²) in [6, 6.07) is 0. The van der Waals surface area contributed by atoms with Crippen LogP contribution in [0.3, 0.4) is 0 Å². The van der Waals surface area contributed by atoms with Crippen LogP contribution >= 0.6 is 0 Å². The van der Waals surface area contributed by atoms with E-state index in [0.717, 1.165) is 37.0 Å². The number of carbonyl (C=O) groups excluding carboxylic acids is 1. The minimum atomic E-state index is -0.0560. The van der Waals surface area contributed by atoms with Crippen molar-refractivity contribution in [2.75, 3.05) is 0 Å². The molecule has 176 valence electrons. The summed E-state index contributed by atoms with van der Waals surface area (Å²) in [5.74, 6) is 4.26. The lowest BCUT2D eigenvalue weighted by molar-refractivity contribution is -0.143. The van der Waals surface area contributed by atoms with Crippen molar-refractivity contribution < 1.29 is 9.90 Å². The Morgan fingerprint density at radius 1 is 0.935 bits per heavy atom. The standard InChI is InChI=1S/C29H48O2/c1-18(2)23(30)9-7-19(3)21-11-13-27(6)25-10-8-22-20(4)24(31)12-14-28(22)17-29(25,28)16-15-26(21,27)5/h18-22,24-25,31H,7-17H2,1-6H3/t19-,20+,21-,22+,24+,25+,26-,27+,28-,29+/m1/s1. The van der Waals surface area contributed by atoms with Crippen LogP contribution in [-0.4, -0.2) is 17.0 Å². The molecule has 0 aromatic heterocycles. The third-order valence-electron chi connectivity index (χ3n) is 12.9. The van der Waals surface area contributed by atoms with Crippen molar-refractivity contribution in [2.45, 2.75) is 118 Å². The molecule has 2 nitrogen and oxygen atoms in total. The number of fused-ring (bicyclic) bond motifs is 2. The van der Waals surface area contributed by atoms with Crippen molar-refractivity contribution in [3.05, 3.63) is 0 Å². The van der Waals surface area contributed by atoms with Gasteiger partial charge in [-0.3, -0.25) is 4.79 Å². The number of aliphatic hydroxyl groups excluding tert-OH is 1. The molecule has 0 bridgehead atoms. The van der Waals surface area contributed by atoms with Crippen molar-refractivity contribution in [1.29, 1.82) is 0 Å². The highest BCUT2D eigenvalue weighted by Crippen LogP contribution is 2.88. The molecule has 2 heteroatoms. The first kappa shape index (κ1) is 22.4. The summed E-state index contributed by atoms with van der Waals surface area (Å²) in [6.07, 6.45) is 14.0. The Balaban J connectivity index is 1.37. The number of carbonyl (C=O) groups is 1. The molecule has 0 saturated heterocycles. The minimum absolute atomic E-state index is 0.0560. The molecular weight excluding hydrogens is 380 g/mol. The first-order valence-corrected chi connectivity index (χ1v) is 13.7. The molecule has 31 heavy (non-hydrogen) atoms. The van der Waals surface area contributed by atoms with E-state index in [1.807, 2.05) is 0 Å². The van der Waals surface area contributed by atoms with Crippen LogP contribution in [0, 0.1) is 57.2 Å². The Morgan fingerprint density at radius 2 is 1.68 bits per heavy atom. The van der Waals surface area contributed by atoms with Gasteiger partial charge in [-0.2, -0.15) is 0 Å². The summed E-state index contributed by atoms with van der Waals surface area (Å²) in [4.78, 5) is 12.3. The molecule has 0 radical (unpaired) electrons. The number of Topliss-reactive ketones (excluding diaryl/α,β-unsaturated/α-hetero) is 1. The molecule has 0 amide bonds. The third-order valence-corrected chi connectivity index (χ3v) is 12.9. The van der Waals surface area contributed by atoms with E-state index in [2.05, 4.69) is 41.5 Å². The highest BCUT2D eigenvalue weighted by molar-refractivity contribution is 5.80. The molecule has 2 spiro atoms. The van der Waals surface area contributed by atoms with Crippen molar-refractivity contribution >= 4 is 5.78 Å². The van der Waals surface area contributed by atoms with Gasteiger partial charge < -0.3 is 5.11 Å². The Labute approximate surface area is 191 Å². The fourth-order valence-corrected chi connectivity index (χ4v) is 10.8. The second-order valence-corrected chi connectivity index (χ2v) is 13.8. The maximum atomic E-state index is 12.3. The maximum Gasteiger partial charge on any atom is 0.135 e. The first-order valence-electron chi connectivity index (χ1n) is 13.7. The Morgan fingerprint density at radius 3 is 2.39 bits per heavy atom. The molecule has 0 aliphatic heterocycles. The number of hydrogen-bond donors (Lipinski definition) is 1. The lowest BCUT2D eigenvalue weighted by Gasteiger charge is -2.62. The van der Waals surface area contributed by atoms with Crippen molar-refractivity contribution in [1.82, 2.24) is 0 Å². The van der Waals surface area contributed by atoms with Crippen LogP contribution < -0.4 is 0 Å². The van der Waals surface area contributed by atoms with Gasteiger partial charge in [0.15, 0.2) is 0 Å². The Bertz CT molecular complexity index is 743. The molecule has 5 saturated carbocycles. The summed E-state index contributed by atoms with van der Waals surface area (Å²) in [5.41, 5.74) is 2.09. The molecule has 5 aliphatic rings. The summed E-state index contributed by atoms with van der Waals surface area (Å²) >= 11 is 0. The highest BCUT2D eigenvalue weighted by Gasteiger charge is 2.81. The van der Waals surface area contributed by atoms with Crippen LogP contribution in [0.25, 0.3) is 0 Å². The quantitative estimate of drug-likeness (QED) is 0.510. The average molecular weight is 429 g/mol. The highest BCUT2D eigenvalue weighted by atomic mass is 16.3. The van der Waals surface area contributed by atoms with Crippen molar-refractivity contribution in [3.8, 4) is 0 Å². The normalized spacial score (nSPS) is 53.9. The zero-order chi connectivity index (χ0) is 22.4. The van der Waals surface area contributed by atoms with Crippen LogP contribution in [0.2, 0.25) is 0 Å². The molecule has 5 aliphatic carbocycles. The first-order chi connectivity index (χ1) is 14.5. The lowest BCUT2D eigenvalue weighted by atomic mass is 9.43. The number of aliphatic hydroxyl groups is 1. The molecule has 5 fully saturated rings. The van der Waals surface area contributed by atoms with Crippen molar-refractivity contribution in [3.63, 3.8) is 0 Å². The Hall–Kier alpha value is -0.370. The van der Waals surface area contributed by atoms with Crippen LogP contribution in [0.5, 0.6) is 0 Å². The Kier molecular flexibility index (Phi) is 5.11. The lowest BCUT2D eigenvalue weighted by Crippen LogP contribution is -2.56. The van der Waals surface area contributed by atoms with Crippen LogP contribution in [0.15, 0.2) is 0 Å². The molecule has 0 aromatic carbocycles. The second-order valence-electron chi connectivity index (χ2n) is 13.8. The number of ketones is 1. The van der Waals surface area contributed by atoms with E-state index in [0.29, 0.717) is 39.3 Å². The van der Waals surface area contributed by atoms with Gasteiger partial charge in [0, 0.05) is 12.3 Å². The summed E-state index contributed by atoms with van der Waals surface area (Å²) < 4.78 is 0. The van der Waals surface area contributed by atoms with Crippen LogP contribution in [0.1, 0.15) is 112 Å². The van der Waals surface area contributed by atoms with E-state index in [4.69, 9.17) is 0 Å². The minimum Gasteiger partial charge on any atom is -0.393 e. The fraction of sp³-hybridized carbons (Fsp3) is 0.966. The van der Waals surface area contributed by atoms with E-state index in [-0.39, 0.29) is 12.0 Å². The smallest absolute Gasteiger partial charge is 0.135 e. The van der Waals surface area contributed by atoms with E-state index in [1.54, 1.807) is 0 Å². The largest absolute Gasteiger partial charge is 0.393 e. The summed E-state index contributed by atoms with van der Waals surface area (Å²) in [7, 11) is 0. The molecule has 0 heterocycles. The van der Waals surface area contributed by atoms with E-state index >= 15 is 0 Å². The zero-order valence-corrected chi connectivity index (χ0v) is 21.2. The van der Waals surface area contributed by atoms with Gasteiger partial charge in [0.25, 0.3) is 0 Å². The monoisotopic (exact) mass is 428 g/mol. The van der Waals surface area contributed by atoms with Gasteiger partial charge in [-0.1, -0.05) is 41.5 Å². The van der Waals surface area contributed by atoms with Crippen LogP contribution in [0.4, 0.5) is 0 Å². The van der Waals surface area contributed by atoms with E-state index < -0.39 is 0 Å². The van der Waals surface area contributed by atoms with Crippen LogP contribution in [-0.2, 0) is 4.79 Å². The molecule has 10 atom stereocenters. The summed E-state index contributed by atoms with van der Waals surface area (Å²) in [5, 5.41) is 10.6. The molecular formula is C29H48O2. The van der Waals surface area contributed by atoms with Gasteiger partial charge in [0.05, 0.1) is 6.10 Å². The number of hydrogen-bond acceptors (Lipinski definition) is 2. The van der Waals surface area contributed by atoms with Gasteiger partial charge in [-0.15, -0.1) is 0 Å². The fourth-order valence-electron chi connectivity index (χ4n) is 10.8. The SMILES string of the molecule is CC(C)C(=O)CC[C@@H](C)[C@H]1CC[C@@]2(C)[C@@H]3CC[C@H]4[C@H](C)[C@@H](O)CC[C@@]45C[C@@]35CC[C@]12C. The second kappa shape index (κ2) is 7.07. The zero-order valence-electron chi connectivity index (χ0n) is 21.2. The van der Waals surface area contributed by atoms with Crippen molar-refractivity contribution in [2.24, 2.45) is 57.2 Å². The van der Waals surface area contributed by atoms with Gasteiger partial charge in [-0.05, 0) is 115 Å². The van der Waals surface area contributed by atoms with Gasteiger partial charge in [0.1, 0.15) is 5.78 Å². The molecule has 0 aromatic rings. The van der Waals surface area contributed by atoms with Gasteiger partial charge in [0.2, 0.25) is 0 Å². The molecule has 1 N–H and O–H groups in total. The predicted molar refractivity (Wildman–Crippen MR) is 127 cm³/mol. The van der Waals surface area contributed by atoms with Gasteiger partial charge >= 0.3 is 0 Å². The maximum absolute atomic E-state index is 12.3. The predicted octanol–water partition coefficient (Wildman–Crippen LogP) is 7.04. The van der Waals surface area contributed by atoms with E-state index in [9.17, 15) is 9.90 Å². The molecule has 5 rings (SSSR count). The summed E-state index contributed by atoms with van der Waals surface area (Å²) in [6.45, 7) is 14.3. The number of rotatable bonds is 5. The average Bonchev–Trinajstić information content (AvgIpc) is 3.31. The topological polar surface area (TPSA) is 37.3 Å².